The van der Waals surface area contributed by atoms with E-state index < -0.39 is 0 Å². The minimum absolute atomic E-state index is 0.102. The number of ketones is 1. The third kappa shape index (κ3) is 3.07. The van der Waals surface area contributed by atoms with Crippen molar-refractivity contribution in [3.8, 4) is 11.1 Å². The predicted molar refractivity (Wildman–Crippen MR) is 75.4 cm³/mol. The molecule has 0 atom stereocenters. The first-order valence-electron chi connectivity index (χ1n) is 6.34. The topological polar surface area (TPSA) is 17.1 Å². The standard InChI is InChI=1S/C17H18O/c1-13(2)17(18)12-14-7-6-10-16(11-14)15-8-4-3-5-9-15/h3-11,13H,12H2,1-2H3. The fourth-order valence-electron chi connectivity index (χ4n) is 1.90. The lowest BCUT2D eigenvalue weighted by molar-refractivity contribution is -0.121. The van der Waals surface area contributed by atoms with E-state index in [0.29, 0.717) is 12.2 Å². The summed E-state index contributed by atoms with van der Waals surface area (Å²) in [4.78, 5) is 11.8. The van der Waals surface area contributed by atoms with Gasteiger partial charge in [-0.1, -0.05) is 68.4 Å². The van der Waals surface area contributed by atoms with Gasteiger partial charge in [0.1, 0.15) is 5.78 Å². The fraction of sp³-hybridized carbons (Fsp3) is 0.235. The van der Waals surface area contributed by atoms with Crippen LogP contribution in [0.4, 0.5) is 0 Å². The highest BCUT2D eigenvalue weighted by Gasteiger charge is 2.08. The molecule has 0 heterocycles. The van der Waals surface area contributed by atoms with E-state index in [1.54, 1.807) is 0 Å². The van der Waals surface area contributed by atoms with E-state index in [-0.39, 0.29) is 5.92 Å². The first-order chi connectivity index (χ1) is 8.66. The number of benzene rings is 2. The van der Waals surface area contributed by atoms with Crippen LogP contribution in [0, 0.1) is 5.92 Å². The van der Waals surface area contributed by atoms with E-state index in [1.807, 2.05) is 44.2 Å². The molecule has 92 valence electrons. The molecule has 0 amide bonds. The Labute approximate surface area is 108 Å². The summed E-state index contributed by atoms with van der Waals surface area (Å²) in [7, 11) is 0. The van der Waals surface area contributed by atoms with Gasteiger partial charge in [-0.25, -0.2) is 0 Å². The van der Waals surface area contributed by atoms with Crippen molar-refractivity contribution < 1.29 is 4.79 Å². The average molecular weight is 238 g/mol. The van der Waals surface area contributed by atoms with Crippen LogP contribution >= 0.6 is 0 Å². The summed E-state index contributed by atoms with van der Waals surface area (Å²) < 4.78 is 0. The number of carbonyl (C=O) groups excluding carboxylic acids is 1. The highest BCUT2D eigenvalue weighted by Crippen LogP contribution is 2.20. The van der Waals surface area contributed by atoms with E-state index >= 15 is 0 Å². The van der Waals surface area contributed by atoms with Crippen LogP contribution in [0.15, 0.2) is 54.6 Å². The Bertz CT molecular complexity index is 526. The molecule has 0 aliphatic heterocycles. The molecule has 0 fully saturated rings. The molecule has 0 N–H and O–H groups in total. The Kier molecular flexibility index (Phi) is 3.93. The van der Waals surface area contributed by atoms with E-state index in [2.05, 4.69) is 24.3 Å². The molecule has 0 saturated carbocycles. The molecule has 0 aliphatic carbocycles. The Hall–Kier alpha value is -1.89. The number of hydrogen-bond acceptors (Lipinski definition) is 1. The Balaban J connectivity index is 2.23. The molecule has 0 radical (unpaired) electrons. The van der Waals surface area contributed by atoms with Gasteiger partial charge >= 0.3 is 0 Å². The van der Waals surface area contributed by atoms with Crippen molar-refractivity contribution in [3.63, 3.8) is 0 Å². The van der Waals surface area contributed by atoms with Crippen LogP contribution in [-0.4, -0.2) is 5.78 Å². The van der Waals surface area contributed by atoms with Crippen LogP contribution in [-0.2, 0) is 11.2 Å². The van der Waals surface area contributed by atoms with E-state index in [0.717, 1.165) is 5.56 Å². The lowest BCUT2D eigenvalue weighted by Crippen LogP contribution is -2.10. The normalized spacial score (nSPS) is 10.6. The van der Waals surface area contributed by atoms with Gasteiger partial charge in [-0.2, -0.15) is 0 Å². The molecule has 0 aliphatic rings. The van der Waals surface area contributed by atoms with Gasteiger partial charge < -0.3 is 0 Å². The summed E-state index contributed by atoms with van der Waals surface area (Å²) in [5.41, 5.74) is 3.45. The summed E-state index contributed by atoms with van der Waals surface area (Å²) in [6.45, 7) is 3.90. The third-order valence-electron chi connectivity index (χ3n) is 3.06. The lowest BCUT2D eigenvalue weighted by Gasteiger charge is -2.07. The fourth-order valence-corrected chi connectivity index (χ4v) is 1.90. The van der Waals surface area contributed by atoms with Crippen molar-refractivity contribution in [2.24, 2.45) is 5.92 Å². The van der Waals surface area contributed by atoms with Crippen LogP contribution in [0.25, 0.3) is 11.1 Å². The molecule has 0 bridgehead atoms. The highest BCUT2D eigenvalue weighted by molar-refractivity contribution is 5.83. The zero-order chi connectivity index (χ0) is 13.0. The van der Waals surface area contributed by atoms with Crippen molar-refractivity contribution in [2.45, 2.75) is 20.3 Å². The molecule has 18 heavy (non-hydrogen) atoms. The van der Waals surface area contributed by atoms with E-state index in [1.165, 1.54) is 11.1 Å². The second kappa shape index (κ2) is 5.63. The molecule has 1 heteroatoms. The van der Waals surface area contributed by atoms with Crippen molar-refractivity contribution in [1.29, 1.82) is 0 Å². The van der Waals surface area contributed by atoms with Crippen molar-refractivity contribution in [2.75, 3.05) is 0 Å². The summed E-state index contributed by atoms with van der Waals surface area (Å²) in [6.07, 6.45) is 0.526. The molecule has 0 saturated heterocycles. The Morgan fingerprint density at radius 2 is 1.61 bits per heavy atom. The molecule has 2 aromatic carbocycles. The quantitative estimate of drug-likeness (QED) is 0.783. The number of carbonyl (C=O) groups is 1. The minimum Gasteiger partial charge on any atom is -0.299 e. The molecule has 0 aromatic heterocycles. The second-order valence-corrected chi connectivity index (χ2v) is 4.86. The second-order valence-electron chi connectivity index (χ2n) is 4.86. The Morgan fingerprint density at radius 3 is 2.28 bits per heavy atom. The molecule has 2 rings (SSSR count). The van der Waals surface area contributed by atoms with Crippen LogP contribution < -0.4 is 0 Å². The van der Waals surface area contributed by atoms with Gasteiger partial charge in [0.05, 0.1) is 0 Å². The van der Waals surface area contributed by atoms with Gasteiger partial charge in [-0.15, -0.1) is 0 Å². The van der Waals surface area contributed by atoms with Gasteiger partial charge in [0.25, 0.3) is 0 Å². The van der Waals surface area contributed by atoms with Gasteiger partial charge in [-0.05, 0) is 16.7 Å². The SMILES string of the molecule is CC(C)C(=O)Cc1cccc(-c2ccccc2)c1. The van der Waals surface area contributed by atoms with Gasteiger partial charge in [0.15, 0.2) is 0 Å². The van der Waals surface area contributed by atoms with Crippen LogP contribution in [0.1, 0.15) is 19.4 Å². The largest absolute Gasteiger partial charge is 0.299 e. The maximum Gasteiger partial charge on any atom is 0.139 e. The zero-order valence-corrected chi connectivity index (χ0v) is 10.9. The van der Waals surface area contributed by atoms with Crippen molar-refractivity contribution in [1.82, 2.24) is 0 Å². The lowest BCUT2D eigenvalue weighted by atomic mass is 9.97. The number of Topliss-reactive ketones (excluding diaryl/α,β-unsaturated/α-hetero) is 1. The maximum absolute atomic E-state index is 11.8. The highest BCUT2D eigenvalue weighted by atomic mass is 16.1. The van der Waals surface area contributed by atoms with Crippen LogP contribution in [0.3, 0.4) is 0 Å². The zero-order valence-electron chi connectivity index (χ0n) is 10.9. The Morgan fingerprint density at radius 1 is 0.944 bits per heavy atom. The molecule has 2 aromatic rings. The molecule has 0 spiro atoms. The maximum atomic E-state index is 11.8. The third-order valence-corrected chi connectivity index (χ3v) is 3.06. The minimum atomic E-state index is 0.102. The molecule has 1 nitrogen and oxygen atoms in total. The van der Waals surface area contributed by atoms with Crippen LogP contribution in [0.2, 0.25) is 0 Å². The van der Waals surface area contributed by atoms with Gasteiger partial charge in [0, 0.05) is 12.3 Å². The monoisotopic (exact) mass is 238 g/mol. The summed E-state index contributed by atoms with van der Waals surface area (Å²) in [6, 6.07) is 18.5. The average Bonchev–Trinajstić information content (AvgIpc) is 2.40. The van der Waals surface area contributed by atoms with Crippen molar-refractivity contribution in [3.05, 3.63) is 60.2 Å². The van der Waals surface area contributed by atoms with E-state index in [4.69, 9.17) is 0 Å². The summed E-state index contributed by atoms with van der Waals surface area (Å²) in [5, 5.41) is 0. The van der Waals surface area contributed by atoms with E-state index in [9.17, 15) is 4.79 Å². The molecular weight excluding hydrogens is 220 g/mol. The van der Waals surface area contributed by atoms with Gasteiger partial charge in [0.2, 0.25) is 0 Å². The summed E-state index contributed by atoms with van der Waals surface area (Å²) in [5.74, 6) is 0.394. The predicted octanol–water partition coefficient (Wildman–Crippen LogP) is 4.12. The molecular formula is C17H18O. The van der Waals surface area contributed by atoms with Crippen molar-refractivity contribution >= 4 is 5.78 Å². The smallest absolute Gasteiger partial charge is 0.139 e. The first kappa shape index (κ1) is 12.6. The van der Waals surface area contributed by atoms with Crippen LogP contribution in [0.5, 0.6) is 0 Å². The molecule has 0 unspecified atom stereocenters. The number of rotatable bonds is 4. The first-order valence-corrected chi connectivity index (χ1v) is 6.34. The van der Waals surface area contributed by atoms with Gasteiger partial charge in [-0.3, -0.25) is 4.79 Å². The number of hydrogen-bond donors (Lipinski definition) is 0. The summed E-state index contributed by atoms with van der Waals surface area (Å²) >= 11 is 0.